The Morgan fingerprint density at radius 1 is 1.04 bits per heavy atom. The van der Waals surface area contributed by atoms with Crippen molar-refractivity contribution in [3.05, 3.63) is 86.5 Å². The summed E-state index contributed by atoms with van der Waals surface area (Å²) in [5.41, 5.74) is 0.101. The van der Waals surface area contributed by atoms with Crippen molar-refractivity contribution in [3.63, 3.8) is 0 Å². The van der Waals surface area contributed by atoms with Gasteiger partial charge in [0, 0.05) is 37.2 Å². The standard InChI is InChI=1S/C42H43F3N6O5S/c1-41(2,56)28-21-31-35(22-30(28)47-38(54)29-10-6-12-36(46-29)42(43,44)45)57-39(48-31)26-15-13-24(14-16-26)23-49(3)19-7-9-25-8-5-11-33-37(25)50(4)40(55)51(33)32-18-17-27(52)20-34(32)53/h5-6,8,10-12,21-22,24,26,32,56H,13-20,23H2,1-4H3,(H,47,54). The molecule has 0 bridgehead atoms. The average molecular weight is 801 g/mol. The number of benzene rings is 2. The molecule has 15 heteroatoms. The molecule has 2 saturated carbocycles. The highest BCUT2D eigenvalue weighted by atomic mass is 32.1. The molecule has 0 radical (unpaired) electrons. The van der Waals surface area contributed by atoms with Gasteiger partial charge in [-0.25, -0.2) is 14.8 Å². The van der Waals surface area contributed by atoms with Gasteiger partial charge in [0.15, 0.2) is 5.78 Å². The monoisotopic (exact) mass is 800 g/mol. The molecule has 1 amide bonds. The Balaban J connectivity index is 0.989. The lowest BCUT2D eigenvalue weighted by atomic mass is 9.82. The van der Waals surface area contributed by atoms with Gasteiger partial charge in [-0.05, 0) is 95.3 Å². The molecule has 2 aliphatic rings. The molecule has 0 aliphatic heterocycles. The van der Waals surface area contributed by atoms with E-state index in [1.807, 2.05) is 25.2 Å². The van der Waals surface area contributed by atoms with E-state index in [1.165, 1.54) is 26.5 Å². The van der Waals surface area contributed by atoms with Crippen LogP contribution in [0.1, 0.15) is 103 Å². The van der Waals surface area contributed by atoms with Crippen molar-refractivity contribution in [1.29, 1.82) is 0 Å². The van der Waals surface area contributed by atoms with Crippen LogP contribution in [-0.4, -0.2) is 66.7 Å². The van der Waals surface area contributed by atoms with Crippen LogP contribution in [0, 0.1) is 17.8 Å². The number of hydrogen-bond donors (Lipinski definition) is 2. The minimum atomic E-state index is -4.70. The summed E-state index contributed by atoms with van der Waals surface area (Å²) in [6.07, 6.45) is -0.360. The van der Waals surface area contributed by atoms with Crippen molar-refractivity contribution >= 4 is 55.7 Å². The van der Waals surface area contributed by atoms with Crippen LogP contribution < -0.4 is 11.0 Å². The Morgan fingerprint density at radius 2 is 1.77 bits per heavy atom. The fourth-order valence-corrected chi connectivity index (χ4v) is 9.18. The molecule has 7 rings (SSSR count). The fraction of sp³-hybridized carbons (Fsp3) is 0.429. The van der Waals surface area contributed by atoms with Crippen molar-refractivity contribution in [2.45, 2.75) is 82.5 Å². The number of amides is 1. The molecule has 298 valence electrons. The van der Waals surface area contributed by atoms with Crippen molar-refractivity contribution in [3.8, 4) is 11.8 Å². The van der Waals surface area contributed by atoms with Gasteiger partial charge >= 0.3 is 11.9 Å². The van der Waals surface area contributed by atoms with Gasteiger partial charge in [-0.1, -0.05) is 24.0 Å². The van der Waals surface area contributed by atoms with E-state index in [0.717, 1.165) is 54.1 Å². The van der Waals surface area contributed by atoms with E-state index in [4.69, 9.17) is 4.98 Å². The molecule has 57 heavy (non-hydrogen) atoms. The van der Waals surface area contributed by atoms with E-state index in [0.29, 0.717) is 46.6 Å². The Morgan fingerprint density at radius 3 is 2.47 bits per heavy atom. The molecule has 0 saturated heterocycles. The first-order valence-electron chi connectivity index (χ1n) is 18.9. The number of nitrogens with one attached hydrogen (secondary N) is 1. The van der Waals surface area contributed by atoms with Crippen molar-refractivity contribution in [2.75, 3.05) is 25.5 Å². The molecular formula is C42H43F3N6O5S. The van der Waals surface area contributed by atoms with Gasteiger partial charge in [0.05, 0.1) is 56.4 Å². The number of Topliss-reactive ketones (excluding diaryl/α,β-unsaturated/α-hetero) is 2. The van der Waals surface area contributed by atoms with Gasteiger partial charge in [-0.3, -0.25) is 28.4 Å². The number of hydrogen-bond acceptors (Lipinski definition) is 9. The van der Waals surface area contributed by atoms with Crippen LogP contribution in [0.3, 0.4) is 0 Å². The minimum Gasteiger partial charge on any atom is -0.386 e. The summed E-state index contributed by atoms with van der Waals surface area (Å²) in [5, 5.41) is 14.6. The zero-order chi connectivity index (χ0) is 40.8. The van der Waals surface area contributed by atoms with Crippen LogP contribution >= 0.6 is 11.3 Å². The first kappa shape index (κ1) is 40.0. The van der Waals surface area contributed by atoms with Crippen LogP contribution in [0.15, 0.2) is 53.3 Å². The first-order chi connectivity index (χ1) is 27.0. The second-order valence-electron chi connectivity index (χ2n) is 15.7. The van der Waals surface area contributed by atoms with Gasteiger partial charge in [-0.2, -0.15) is 13.2 Å². The van der Waals surface area contributed by atoms with Crippen molar-refractivity contribution in [2.24, 2.45) is 13.0 Å². The second kappa shape index (κ2) is 15.6. The van der Waals surface area contributed by atoms with Crippen LogP contribution in [0.5, 0.6) is 0 Å². The number of carbonyl (C=O) groups excluding carboxylic acids is 3. The van der Waals surface area contributed by atoms with Crippen molar-refractivity contribution in [1.82, 2.24) is 24.0 Å². The van der Waals surface area contributed by atoms with Gasteiger partial charge in [-0.15, -0.1) is 11.3 Å². The maximum Gasteiger partial charge on any atom is 0.433 e. The van der Waals surface area contributed by atoms with E-state index < -0.39 is 35.1 Å². The number of rotatable bonds is 8. The lowest BCUT2D eigenvalue weighted by molar-refractivity contribution is -0.141. The highest BCUT2D eigenvalue weighted by molar-refractivity contribution is 7.18. The Hall–Kier alpha value is -5.17. The molecule has 2 N–H and O–H groups in total. The fourth-order valence-electron chi connectivity index (χ4n) is 8.02. The van der Waals surface area contributed by atoms with E-state index in [-0.39, 0.29) is 41.7 Å². The van der Waals surface area contributed by atoms with E-state index >= 15 is 0 Å². The molecule has 3 heterocycles. The second-order valence-corrected chi connectivity index (χ2v) is 16.7. The predicted octanol–water partition coefficient (Wildman–Crippen LogP) is 6.96. The van der Waals surface area contributed by atoms with Gasteiger partial charge < -0.3 is 10.4 Å². The summed E-state index contributed by atoms with van der Waals surface area (Å²) in [6.45, 7) is 4.53. The molecule has 1 atom stereocenters. The van der Waals surface area contributed by atoms with E-state index in [9.17, 15) is 37.5 Å². The molecule has 2 fully saturated rings. The number of alkyl halides is 3. The Bertz CT molecular complexity index is 2510. The summed E-state index contributed by atoms with van der Waals surface area (Å²) < 4.78 is 43.6. The highest BCUT2D eigenvalue weighted by Crippen LogP contribution is 2.41. The number of imidazole rings is 1. The lowest BCUT2D eigenvalue weighted by Gasteiger charge is -2.29. The SMILES string of the molecule is CN(CC#Cc1cccc2c1n(C)c(=O)n2C1CCC(=O)CC1=O)CC1CCC(c2nc3cc(C(C)(C)O)c(NC(=O)c4cccc(C(F)(F)F)n4)cc3s2)CC1. The number of carbonyl (C=O) groups is 3. The number of aromatic nitrogens is 4. The van der Waals surface area contributed by atoms with Crippen LogP contribution in [0.25, 0.3) is 21.3 Å². The zero-order valence-corrected chi connectivity index (χ0v) is 32.9. The molecule has 2 aromatic carbocycles. The van der Waals surface area contributed by atoms with Gasteiger partial charge in [0.2, 0.25) is 0 Å². The maximum absolute atomic E-state index is 13.3. The number of nitrogens with zero attached hydrogens (tertiary/aromatic N) is 5. The number of pyridine rings is 1. The van der Waals surface area contributed by atoms with Crippen molar-refractivity contribution < 1.29 is 32.7 Å². The van der Waals surface area contributed by atoms with Crippen LogP contribution in [0.2, 0.25) is 0 Å². The third-order valence-corrected chi connectivity index (χ3v) is 12.1. The van der Waals surface area contributed by atoms with Crippen LogP contribution in [-0.2, 0) is 28.4 Å². The molecular weight excluding hydrogens is 758 g/mol. The molecule has 0 spiro atoms. The summed E-state index contributed by atoms with van der Waals surface area (Å²) in [4.78, 5) is 61.5. The molecule has 3 aromatic heterocycles. The topological polar surface area (TPSA) is 139 Å². The normalized spacial score (nSPS) is 19.3. The van der Waals surface area contributed by atoms with E-state index in [2.05, 4.69) is 27.0 Å². The minimum absolute atomic E-state index is 0.0916. The summed E-state index contributed by atoms with van der Waals surface area (Å²) in [6, 6.07) is 11.4. The molecule has 5 aromatic rings. The largest absolute Gasteiger partial charge is 0.433 e. The first-order valence-corrected chi connectivity index (χ1v) is 19.7. The Kier molecular flexibility index (Phi) is 11.0. The quantitative estimate of drug-likeness (QED) is 0.127. The number of ketones is 2. The van der Waals surface area contributed by atoms with Crippen LogP contribution in [0.4, 0.5) is 18.9 Å². The summed E-state index contributed by atoms with van der Waals surface area (Å²) in [5.74, 6) is 6.08. The smallest absolute Gasteiger partial charge is 0.386 e. The molecule has 11 nitrogen and oxygen atoms in total. The maximum atomic E-state index is 13.3. The highest BCUT2D eigenvalue weighted by Gasteiger charge is 2.34. The Labute approximate surface area is 330 Å². The molecule has 1 unspecified atom stereocenters. The van der Waals surface area contributed by atoms with E-state index in [1.54, 1.807) is 33.0 Å². The predicted molar refractivity (Wildman–Crippen MR) is 211 cm³/mol. The number of anilines is 1. The number of aryl methyl sites for hydroxylation is 1. The summed E-state index contributed by atoms with van der Waals surface area (Å²) in [7, 11) is 3.72. The molecule has 2 aliphatic carbocycles. The third-order valence-electron chi connectivity index (χ3n) is 10.9. The zero-order valence-electron chi connectivity index (χ0n) is 32.1. The number of aliphatic hydroxyl groups is 1. The average Bonchev–Trinajstić information content (AvgIpc) is 3.68. The number of halogens is 3. The third kappa shape index (κ3) is 8.44. The summed E-state index contributed by atoms with van der Waals surface area (Å²) >= 11 is 1.51. The lowest BCUT2D eigenvalue weighted by Crippen LogP contribution is -2.34. The number of para-hydroxylation sites is 1. The number of fused-ring (bicyclic) bond motifs is 2. The van der Waals surface area contributed by atoms with Gasteiger partial charge in [0.25, 0.3) is 5.91 Å². The number of thiazole rings is 1. The van der Waals surface area contributed by atoms with Gasteiger partial charge in [0.1, 0.15) is 17.2 Å².